The van der Waals surface area contributed by atoms with Gasteiger partial charge in [-0.2, -0.15) is 13.2 Å². The summed E-state index contributed by atoms with van der Waals surface area (Å²) in [5.41, 5.74) is 0.440. The summed E-state index contributed by atoms with van der Waals surface area (Å²) >= 11 is 1.51. The molecule has 1 heterocycles. The molecule has 0 unspecified atom stereocenters. The van der Waals surface area contributed by atoms with Crippen LogP contribution in [0.5, 0.6) is 0 Å². The Morgan fingerprint density at radius 1 is 1.21 bits per heavy atom. The zero-order valence-electron chi connectivity index (χ0n) is 15.5. The van der Waals surface area contributed by atoms with E-state index in [1.54, 1.807) is 0 Å². The molecule has 0 aliphatic heterocycles. The van der Waals surface area contributed by atoms with E-state index in [-0.39, 0.29) is 24.7 Å². The predicted octanol–water partition coefficient (Wildman–Crippen LogP) is 4.94. The third kappa shape index (κ3) is 5.85. The first-order chi connectivity index (χ1) is 12.8. The van der Waals surface area contributed by atoms with Crippen LogP contribution in [0, 0.1) is 0 Å². The minimum absolute atomic E-state index is 0. The van der Waals surface area contributed by atoms with Crippen molar-refractivity contribution in [3.8, 4) is 0 Å². The van der Waals surface area contributed by atoms with Crippen molar-refractivity contribution >= 4 is 35.3 Å². The Morgan fingerprint density at radius 2 is 1.86 bits per heavy atom. The Kier molecular flexibility index (Phi) is 7.71. The topological polar surface area (TPSA) is 46.4 Å². The Hall–Kier alpha value is -1.80. The lowest BCUT2D eigenvalue weighted by Gasteiger charge is -2.16. The molecule has 2 aromatic rings. The fraction of sp³-hybridized carbons (Fsp3) is 0.474. The average molecular weight is 434 g/mol. The highest BCUT2D eigenvalue weighted by molar-refractivity contribution is 7.07. The van der Waals surface area contributed by atoms with Crippen LogP contribution in [0.2, 0.25) is 0 Å². The molecule has 0 spiro atoms. The van der Waals surface area contributed by atoms with Crippen LogP contribution in [-0.4, -0.2) is 16.5 Å². The summed E-state index contributed by atoms with van der Waals surface area (Å²) in [5, 5.41) is 4.55. The second kappa shape index (κ2) is 9.60. The van der Waals surface area contributed by atoms with Crippen LogP contribution in [0.25, 0.3) is 0 Å². The van der Waals surface area contributed by atoms with Gasteiger partial charge in [0.25, 0.3) is 0 Å². The zero-order chi connectivity index (χ0) is 19.4. The molecule has 1 aliphatic rings. The number of hydrogen-bond donors (Lipinski definition) is 1. The standard InChI is InChI=1S/C19H22F3N3OS.ClH/c1-25-16(12-27-18(25)24-14-5-3-2-4-6-14)11-17(26)23-15-9-7-13(8-10-15)19(20,21)22;/h7-10,12,14H,2-6,11H2,1H3,(H,23,26);1H. The highest BCUT2D eigenvalue weighted by Crippen LogP contribution is 2.29. The van der Waals surface area contributed by atoms with Crippen LogP contribution in [0.4, 0.5) is 18.9 Å². The smallest absolute Gasteiger partial charge is 0.326 e. The maximum Gasteiger partial charge on any atom is 0.416 e. The third-order valence-electron chi connectivity index (χ3n) is 4.72. The molecule has 9 heteroatoms. The number of aromatic nitrogens is 1. The molecule has 3 rings (SSSR count). The monoisotopic (exact) mass is 433 g/mol. The molecule has 0 saturated heterocycles. The molecule has 1 fully saturated rings. The van der Waals surface area contributed by atoms with E-state index < -0.39 is 11.7 Å². The Bertz CT molecular complexity index is 853. The molecule has 1 aromatic heterocycles. The summed E-state index contributed by atoms with van der Waals surface area (Å²) in [6.45, 7) is 0. The van der Waals surface area contributed by atoms with Gasteiger partial charge in [-0.3, -0.25) is 9.79 Å². The number of thiazole rings is 1. The summed E-state index contributed by atoms with van der Waals surface area (Å²) < 4.78 is 39.7. The summed E-state index contributed by atoms with van der Waals surface area (Å²) in [6, 6.07) is 4.80. The second-order valence-electron chi connectivity index (χ2n) is 6.79. The molecule has 0 bridgehead atoms. The van der Waals surface area contributed by atoms with Crippen LogP contribution >= 0.6 is 23.7 Å². The number of hydrogen-bond acceptors (Lipinski definition) is 3. The van der Waals surface area contributed by atoms with E-state index in [0.29, 0.717) is 11.7 Å². The van der Waals surface area contributed by atoms with E-state index in [1.165, 1.54) is 42.7 Å². The quantitative estimate of drug-likeness (QED) is 0.729. The Labute approximate surface area is 171 Å². The maximum atomic E-state index is 12.6. The Morgan fingerprint density at radius 3 is 2.46 bits per heavy atom. The molecular formula is C19H23ClF3N3OS. The summed E-state index contributed by atoms with van der Waals surface area (Å²) in [5.74, 6) is -0.271. The number of carbonyl (C=O) groups is 1. The minimum atomic E-state index is -4.38. The normalized spacial score (nSPS) is 15.9. The van der Waals surface area contributed by atoms with E-state index in [2.05, 4.69) is 5.32 Å². The van der Waals surface area contributed by atoms with Crippen LogP contribution in [-0.2, 0) is 24.4 Å². The summed E-state index contributed by atoms with van der Waals surface area (Å²) in [7, 11) is 1.89. The van der Waals surface area contributed by atoms with E-state index in [9.17, 15) is 18.0 Å². The summed E-state index contributed by atoms with van der Waals surface area (Å²) in [6.07, 6.45) is 1.69. The number of alkyl halides is 3. The van der Waals surface area contributed by atoms with Crippen LogP contribution < -0.4 is 10.1 Å². The first-order valence-electron chi connectivity index (χ1n) is 8.97. The van der Waals surface area contributed by atoms with Gasteiger partial charge in [0.1, 0.15) is 0 Å². The lowest BCUT2D eigenvalue weighted by Crippen LogP contribution is -2.22. The van der Waals surface area contributed by atoms with Crippen molar-refractivity contribution in [2.75, 3.05) is 5.32 Å². The largest absolute Gasteiger partial charge is 0.416 e. The summed E-state index contributed by atoms with van der Waals surface area (Å²) in [4.78, 5) is 18.0. The number of rotatable bonds is 4. The van der Waals surface area contributed by atoms with Crippen molar-refractivity contribution in [1.82, 2.24) is 4.57 Å². The van der Waals surface area contributed by atoms with E-state index >= 15 is 0 Å². The number of halogens is 4. The van der Waals surface area contributed by atoms with Crippen molar-refractivity contribution in [1.29, 1.82) is 0 Å². The Balaban J connectivity index is 0.00000280. The second-order valence-corrected chi connectivity index (χ2v) is 7.63. The van der Waals surface area contributed by atoms with Gasteiger partial charge in [-0.1, -0.05) is 19.3 Å². The van der Waals surface area contributed by atoms with Crippen molar-refractivity contribution in [3.63, 3.8) is 0 Å². The highest BCUT2D eigenvalue weighted by Gasteiger charge is 2.30. The molecular weight excluding hydrogens is 411 g/mol. The number of carbonyl (C=O) groups excluding carboxylic acids is 1. The number of nitrogens with zero attached hydrogens (tertiary/aromatic N) is 2. The van der Waals surface area contributed by atoms with Crippen LogP contribution in [0.3, 0.4) is 0 Å². The molecule has 154 valence electrons. The lowest BCUT2D eigenvalue weighted by atomic mass is 9.96. The molecule has 1 aliphatic carbocycles. The van der Waals surface area contributed by atoms with Gasteiger partial charge in [0, 0.05) is 23.8 Å². The van der Waals surface area contributed by atoms with Gasteiger partial charge in [-0.05, 0) is 37.1 Å². The lowest BCUT2D eigenvalue weighted by molar-refractivity contribution is -0.137. The zero-order valence-corrected chi connectivity index (χ0v) is 17.1. The number of amides is 1. The van der Waals surface area contributed by atoms with E-state index in [1.807, 2.05) is 17.0 Å². The van der Waals surface area contributed by atoms with Gasteiger partial charge in [0.05, 0.1) is 18.0 Å². The van der Waals surface area contributed by atoms with Crippen molar-refractivity contribution < 1.29 is 18.0 Å². The van der Waals surface area contributed by atoms with Gasteiger partial charge in [-0.15, -0.1) is 23.7 Å². The van der Waals surface area contributed by atoms with Gasteiger partial charge < -0.3 is 9.88 Å². The molecule has 1 N–H and O–H groups in total. The van der Waals surface area contributed by atoms with Gasteiger partial charge in [0.2, 0.25) is 5.91 Å². The van der Waals surface area contributed by atoms with Crippen molar-refractivity contribution in [3.05, 3.63) is 45.7 Å². The maximum absolute atomic E-state index is 12.6. The molecule has 1 aromatic carbocycles. The van der Waals surface area contributed by atoms with Crippen LogP contribution in [0.1, 0.15) is 43.4 Å². The third-order valence-corrected chi connectivity index (χ3v) is 5.70. The average Bonchev–Trinajstić information content (AvgIpc) is 2.95. The first kappa shape index (κ1) is 22.5. The van der Waals surface area contributed by atoms with Gasteiger partial charge >= 0.3 is 6.18 Å². The van der Waals surface area contributed by atoms with Gasteiger partial charge in [0.15, 0.2) is 4.80 Å². The predicted molar refractivity (Wildman–Crippen MR) is 107 cm³/mol. The molecule has 1 amide bonds. The fourth-order valence-electron chi connectivity index (χ4n) is 3.16. The molecule has 1 saturated carbocycles. The number of nitrogens with one attached hydrogen (secondary N) is 1. The van der Waals surface area contributed by atoms with E-state index in [4.69, 9.17) is 4.99 Å². The molecule has 0 radical (unpaired) electrons. The van der Waals surface area contributed by atoms with E-state index in [0.717, 1.165) is 35.5 Å². The van der Waals surface area contributed by atoms with Crippen LogP contribution in [0.15, 0.2) is 34.6 Å². The molecule has 0 atom stereocenters. The molecule has 28 heavy (non-hydrogen) atoms. The van der Waals surface area contributed by atoms with Gasteiger partial charge in [-0.25, -0.2) is 0 Å². The SMILES string of the molecule is Cl.Cn1c(CC(=O)Nc2ccc(C(F)(F)F)cc2)csc1=NC1CCCCC1. The highest BCUT2D eigenvalue weighted by atomic mass is 35.5. The number of benzene rings is 1. The molecule has 4 nitrogen and oxygen atoms in total. The first-order valence-corrected chi connectivity index (χ1v) is 9.85. The van der Waals surface area contributed by atoms with Crippen molar-refractivity contribution in [2.24, 2.45) is 12.0 Å². The van der Waals surface area contributed by atoms with Crippen molar-refractivity contribution in [2.45, 2.75) is 50.7 Å². The number of anilines is 1. The fourth-order valence-corrected chi connectivity index (χ4v) is 4.13. The minimum Gasteiger partial charge on any atom is -0.326 e.